The van der Waals surface area contributed by atoms with Gasteiger partial charge in [0.2, 0.25) is 0 Å². The van der Waals surface area contributed by atoms with Crippen molar-refractivity contribution in [2.45, 2.75) is 25.7 Å². The lowest BCUT2D eigenvalue weighted by atomic mass is 9.95. The van der Waals surface area contributed by atoms with Gasteiger partial charge in [-0.15, -0.1) is 0 Å². The van der Waals surface area contributed by atoms with E-state index in [2.05, 4.69) is 24.4 Å². The van der Waals surface area contributed by atoms with Crippen LogP contribution >= 0.6 is 0 Å². The lowest BCUT2D eigenvalue weighted by molar-refractivity contribution is -0.384. The van der Waals surface area contributed by atoms with Crippen molar-refractivity contribution in [3.8, 4) is 0 Å². The van der Waals surface area contributed by atoms with E-state index < -0.39 is 0 Å². The molecule has 18 heavy (non-hydrogen) atoms. The van der Waals surface area contributed by atoms with Crippen LogP contribution < -0.4 is 5.32 Å². The second-order valence-corrected chi connectivity index (χ2v) is 4.32. The van der Waals surface area contributed by atoms with Gasteiger partial charge in [-0.3, -0.25) is 10.1 Å². The average molecular weight is 244 g/mol. The Bertz CT molecular complexity index is 489. The molecule has 0 saturated carbocycles. The zero-order valence-electron chi connectivity index (χ0n) is 10.3. The number of allylic oxidation sites excluding steroid dienone is 3. The molecule has 1 aliphatic heterocycles. The van der Waals surface area contributed by atoms with Crippen LogP contribution in [0.15, 0.2) is 48.3 Å². The molecule has 1 aliphatic rings. The minimum atomic E-state index is -0.375. The Morgan fingerprint density at radius 3 is 2.67 bits per heavy atom. The molecule has 0 radical (unpaired) electrons. The highest BCUT2D eigenvalue weighted by Gasteiger charge is 2.12. The molecule has 1 aromatic carbocycles. The third-order valence-corrected chi connectivity index (χ3v) is 2.96. The fourth-order valence-corrected chi connectivity index (χ4v) is 2.03. The van der Waals surface area contributed by atoms with Gasteiger partial charge in [0, 0.05) is 23.7 Å². The highest BCUT2D eigenvalue weighted by atomic mass is 16.6. The Kier molecular flexibility index (Phi) is 3.77. The summed E-state index contributed by atoms with van der Waals surface area (Å²) in [4.78, 5) is 10.2. The molecule has 0 fully saturated rings. The molecule has 0 saturated heterocycles. The molecule has 1 unspecified atom stereocenters. The van der Waals surface area contributed by atoms with Gasteiger partial charge in [-0.1, -0.05) is 37.6 Å². The summed E-state index contributed by atoms with van der Waals surface area (Å²) in [7, 11) is 0. The van der Waals surface area contributed by atoms with E-state index in [1.807, 2.05) is 18.3 Å². The molecule has 1 atom stereocenters. The van der Waals surface area contributed by atoms with Crippen LogP contribution in [0.5, 0.6) is 0 Å². The van der Waals surface area contributed by atoms with E-state index in [9.17, 15) is 10.1 Å². The van der Waals surface area contributed by atoms with Crippen molar-refractivity contribution in [1.82, 2.24) is 5.32 Å². The van der Waals surface area contributed by atoms with Crippen molar-refractivity contribution >= 4 is 5.69 Å². The zero-order valence-corrected chi connectivity index (χ0v) is 10.3. The number of hydrogen-bond acceptors (Lipinski definition) is 3. The summed E-state index contributed by atoms with van der Waals surface area (Å²) in [5.41, 5.74) is 2.42. The number of rotatable bonds is 4. The molecule has 0 amide bonds. The predicted octanol–water partition coefficient (Wildman–Crippen LogP) is 3.48. The number of nitrogens with zero attached hydrogens (tertiary/aromatic N) is 1. The summed E-state index contributed by atoms with van der Waals surface area (Å²) in [5, 5.41) is 13.8. The van der Waals surface area contributed by atoms with Gasteiger partial charge in [0.05, 0.1) is 4.92 Å². The number of benzene rings is 1. The molecule has 1 aromatic rings. The summed E-state index contributed by atoms with van der Waals surface area (Å²) >= 11 is 0. The van der Waals surface area contributed by atoms with Crippen LogP contribution in [0.4, 0.5) is 5.69 Å². The number of nitrogens with one attached hydrogen (secondary N) is 1. The molecule has 1 heterocycles. The lowest BCUT2D eigenvalue weighted by Crippen LogP contribution is -2.11. The van der Waals surface area contributed by atoms with Gasteiger partial charge < -0.3 is 5.32 Å². The maximum absolute atomic E-state index is 10.6. The van der Waals surface area contributed by atoms with Crippen LogP contribution in [0.2, 0.25) is 0 Å². The Balaban J connectivity index is 2.18. The van der Waals surface area contributed by atoms with Gasteiger partial charge in [0.25, 0.3) is 5.69 Å². The molecule has 2 rings (SSSR count). The summed E-state index contributed by atoms with van der Waals surface area (Å²) in [6.07, 6.45) is 8.29. The van der Waals surface area contributed by atoms with E-state index >= 15 is 0 Å². The average Bonchev–Trinajstić information content (AvgIpc) is 2.39. The Hall–Kier alpha value is -2.10. The van der Waals surface area contributed by atoms with E-state index in [0.29, 0.717) is 0 Å². The minimum absolute atomic E-state index is 0.134. The number of hydrogen-bond donors (Lipinski definition) is 1. The number of dihydropyridines is 1. The standard InChI is InChI=1S/C14H16N2O2/c1-2-3-13-10-12(8-9-15-13)11-4-6-14(7-5-11)16(17)18/h4-10,12,15H,2-3H2,1H3. The summed E-state index contributed by atoms with van der Waals surface area (Å²) in [6.45, 7) is 2.14. The minimum Gasteiger partial charge on any atom is -0.366 e. The third kappa shape index (κ3) is 2.77. The highest BCUT2D eigenvalue weighted by Crippen LogP contribution is 2.25. The first-order valence-electron chi connectivity index (χ1n) is 6.09. The van der Waals surface area contributed by atoms with Crippen LogP contribution in [0, 0.1) is 10.1 Å². The second kappa shape index (κ2) is 5.49. The van der Waals surface area contributed by atoms with E-state index in [0.717, 1.165) is 18.4 Å². The molecule has 0 bridgehead atoms. The molecule has 4 heteroatoms. The first-order chi connectivity index (χ1) is 8.70. The molecule has 4 nitrogen and oxygen atoms in total. The monoisotopic (exact) mass is 244 g/mol. The van der Waals surface area contributed by atoms with Gasteiger partial charge in [0.1, 0.15) is 0 Å². The lowest BCUT2D eigenvalue weighted by Gasteiger charge is -2.17. The molecule has 0 spiro atoms. The van der Waals surface area contributed by atoms with E-state index in [4.69, 9.17) is 0 Å². The SMILES string of the molecule is CCCC1=CC(c2ccc([N+](=O)[O-])cc2)C=CN1. The zero-order chi connectivity index (χ0) is 13.0. The summed E-state index contributed by atoms with van der Waals surface area (Å²) in [6, 6.07) is 6.74. The smallest absolute Gasteiger partial charge is 0.269 e. The van der Waals surface area contributed by atoms with Crippen LogP contribution in [0.3, 0.4) is 0 Å². The van der Waals surface area contributed by atoms with Gasteiger partial charge in [0.15, 0.2) is 0 Å². The fourth-order valence-electron chi connectivity index (χ4n) is 2.03. The molecule has 1 N–H and O–H groups in total. The van der Waals surface area contributed by atoms with Crippen LogP contribution in [-0.4, -0.2) is 4.92 Å². The number of non-ortho nitro benzene ring substituents is 1. The van der Waals surface area contributed by atoms with Crippen molar-refractivity contribution in [2.75, 3.05) is 0 Å². The Morgan fingerprint density at radius 2 is 2.06 bits per heavy atom. The molecular formula is C14H16N2O2. The summed E-state index contributed by atoms with van der Waals surface area (Å²) < 4.78 is 0. The molecule has 0 aliphatic carbocycles. The normalized spacial score (nSPS) is 18.1. The predicted molar refractivity (Wildman–Crippen MR) is 71.1 cm³/mol. The topological polar surface area (TPSA) is 55.2 Å². The van der Waals surface area contributed by atoms with Gasteiger partial charge in [-0.25, -0.2) is 0 Å². The first-order valence-corrected chi connectivity index (χ1v) is 6.09. The van der Waals surface area contributed by atoms with Crippen molar-refractivity contribution in [3.05, 3.63) is 64.0 Å². The molecule has 0 aromatic heterocycles. The van der Waals surface area contributed by atoms with Crippen molar-refractivity contribution in [1.29, 1.82) is 0 Å². The van der Waals surface area contributed by atoms with Gasteiger partial charge in [-0.2, -0.15) is 0 Å². The van der Waals surface area contributed by atoms with E-state index in [-0.39, 0.29) is 16.5 Å². The van der Waals surface area contributed by atoms with Crippen LogP contribution in [-0.2, 0) is 0 Å². The van der Waals surface area contributed by atoms with Crippen LogP contribution in [0.25, 0.3) is 0 Å². The summed E-state index contributed by atoms with van der Waals surface area (Å²) in [5.74, 6) is 0.202. The Labute approximate surface area is 106 Å². The maximum atomic E-state index is 10.6. The first kappa shape index (κ1) is 12.4. The molecular weight excluding hydrogens is 228 g/mol. The van der Waals surface area contributed by atoms with Crippen molar-refractivity contribution in [3.63, 3.8) is 0 Å². The van der Waals surface area contributed by atoms with Crippen LogP contribution in [0.1, 0.15) is 31.2 Å². The van der Waals surface area contributed by atoms with Crippen molar-refractivity contribution < 1.29 is 4.92 Å². The largest absolute Gasteiger partial charge is 0.366 e. The third-order valence-electron chi connectivity index (χ3n) is 2.96. The fraction of sp³-hybridized carbons (Fsp3) is 0.286. The quantitative estimate of drug-likeness (QED) is 0.651. The van der Waals surface area contributed by atoms with Crippen molar-refractivity contribution in [2.24, 2.45) is 0 Å². The van der Waals surface area contributed by atoms with Gasteiger partial charge >= 0.3 is 0 Å². The second-order valence-electron chi connectivity index (χ2n) is 4.32. The van der Waals surface area contributed by atoms with E-state index in [1.54, 1.807) is 12.1 Å². The van der Waals surface area contributed by atoms with Gasteiger partial charge in [-0.05, 0) is 18.2 Å². The highest BCUT2D eigenvalue weighted by molar-refractivity contribution is 5.39. The van der Waals surface area contributed by atoms with E-state index in [1.165, 1.54) is 5.70 Å². The Morgan fingerprint density at radius 1 is 1.33 bits per heavy atom. The maximum Gasteiger partial charge on any atom is 0.269 e. The number of nitro groups is 1. The molecule has 94 valence electrons. The number of nitro benzene ring substituents is 1.